The maximum Gasteiger partial charge on any atom is 0.293 e. The highest BCUT2D eigenvalue weighted by atomic mass is 79.9. The molecule has 1 aliphatic rings. The summed E-state index contributed by atoms with van der Waals surface area (Å²) in [4.78, 5) is 26.6. The molecular weight excluding hydrogens is 398 g/mol. The van der Waals surface area contributed by atoms with Crippen LogP contribution in [0.3, 0.4) is 0 Å². The summed E-state index contributed by atoms with van der Waals surface area (Å²) in [5, 5.41) is -0.231. The molecule has 2 amide bonds. The quantitative estimate of drug-likeness (QED) is 0.591. The number of thioether (sulfide) groups is 1. The molecule has 0 saturated carbocycles. The van der Waals surface area contributed by atoms with Gasteiger partial charge < -0.3 is 0 Å². The molecule has 2 aromatic rings. The van der Waals surface area contributed by atoms with Crippen LogP contribution in [0.2, 0.25) is 0 Å². The number of hydrogen-bond donors (Lipinski definition) is 0. The fraction of sp³-hybridized carbons (Fsp3) is 0.200. The van der Waals surface area contributed by atoms with Gasteiger partial charge in [-0.15, -0.1) is 0 Å². The second-order valence-corrected chi connectivity index (χ2v) is 8.03. The number of carbonyl (C=O) groups excluding carboxylic acids is 2. The van der Waals surface area contributed by atoms with Gasteiger partial charge in [-0.05, 0) is 46.5 Å². The number of nitrogens with zero attached hydrogens (tertiary/aromatic N) is 1. The molecular formula is C20H18BrNO2S. The molecule has 128 valence electrons. The molecule has 3 nitrogen and oxygen atoms in total. The molecule has 0 radical (unpaired) electrons. The first-order valence-corrected chi connectivity index (χ1v) is 9.65. The maximum absolute atomic E-state index is 12.6. The Morgan fingerprint density at radius 2 is 1.76 bits per heavy atom. The number of halogens is 1. The highest BCUT2D eigenvalue weighted by Crippen LogP contribution is 2.34. The summed E-state index contributed by atoms with van der Waals surface area (Å²) < 4.78 is 0.891. The van der Waals surface area contributed by atoms with E-state index in [-0.39, 0.29) is 17.7 Å². The van der Waals surface area contributed by atoms with Crippen molar-refractivity contribution in [2.24, 2.45) is 0 Å². The lowest BCUT2D eigenvalue weighted by atomic mass is 10.0. The van der Waals surface area contributed by atoms with E-state index in [1.165, 1.54) is 10.5 Å². The number of benzene rings is 2. The van der Waals surface area contributed by atoms with Crippen LogP contribution >= 0.6 is 27.7 Å². The zero-order valence-electron chi connectivity index (χ0n) is 14.0. The number of rotatable bonds is 4. The lowest BCUT2D eigenvalue weighted by Gasteiger charge is -2.13. The highest BCUT2D eigenvalue weighted by Gasteiger charge is 2.35. The third-order valence-corrected chi connectivity index (χ3v) is 5.74. The minimum Gasteiger partial charge on any atom is -0.268 e. The summed E-state index contributed by atoms with van der Waals surface area (Å²) >= 11 is 4.46. The fourth-order valence-electron chi connectivity index (χ4n) is 2.56. The standard InChI is InChI=1S/C20H18BrNO2S/c1-13(2)15-9-7-14(8-10-15)11-18-19(23)22(20(24)25-18)12-16-5-3-4-6-17(16)21/h3-11,13H,12H2,1-2H3/b18-11-. The molecule has 5 heteroatoms. The Kier molecular flexibility index (Phi) is 5.45. The lowest BCUT2D eigenvalue weighted by molar-refractivity contribution is -0.123. The molecule has 25 heavy (non-hydrogen) atoms. The zero-order chi connectivity index (χ0) is 18.0. The summed E-state index contributed by atoms with van der Waals surface area (Å²) in [6, 6.07) is 15.7. The van der Waals surface area contributed by atoms with Crippen molar-refractivity contribution >= 4 is 44.9 Å². The van der Waals surface area contributed by atoms with Crippen molar-refractivity contribution in [1.29, 1.82) is 0 Å². The van der Waals surface area contributed by atoms with Gasteiger partial charge in [0.2, 0.25) is 0 Å². The van der Waals surface area contributed by atoms with Crippen LogP contribution < -0.4 is 0 Å². The molecule has 0 bridgehead atoms. The van der Waals surface area contributed by atoms with E-state index in [9.17, 15) is 9.59 Å². The molecule has 1 fully saturated rings. The predicted octanol–water partition coefficient (Wildman–Crippen LogP) is 5.81. The van der Waals surface area contributed by atoms with Crippen molar-refractivity contribution in [2.45, 2.75) is 26.3 Å². The summed E-state index contributed by atoms with van der Waals surface area (Å²) in [6.45, 7) is 4.56. The van der Waals surface area contributed by atoms with Crippen molar-refractivity contribution in [3.05, 3.63) is 74.6 Å². The Morgan fingerprint density at radius 3 is 2.40 bits per heavy atom. The third-order valence-electron chi connectivity index (χ3n) is 4.06. The van der Waals surface area contributed by atoms with Gasteiger partial charge in [0, 0.05) is 4.47 Å². The Bertz CT molecular complexity index is 843. The second-order valence-electron chi connectivity index (χ2n) is 6.18. The molecule has 2 aromatic carbocycles. The van der Waals surface area contributed by atoms with Crippen LogP contribution in [0.15, 0.2) is 57.9 Å². The first kappa shape index (κ1) is 18.0. The van der Waals surface area contributed by atoms with E-state index in [1.807, 2.05) is 36.4 Å². The zero-order valence-corrected chi connectivity index (χ0v) is 16.4. The van der Waals surface area contributed by atoms with Gasteiger partial charge in [0.15, 0.2) is 0 Å². The molecule has 1 saturated heterocycles. The molecule has 1 aliphatic heterocycles. The number of hydrogen-bond acceptors (Lipinski definition) is 3. The second kappa shape index (κ2) is 7.58. The van der Waals surface area contributed by atoms with Gasteiger partial charge in [0.25, 0.3) is 11.1 Å². The minimum atomic E-state index is -0.237. The number of carbonyl (C=O) groups is 2. The number of imide groups is 1. The molecule has 0 unspecified atom stereocenters. The molecule has 0 N–H and O–H groups in total. The molecule has 3 rings (SSSR count). The van der Waals surface area contributed by atoms with Gasteiger partial charge in [0.05, 0.1) is 11.4 Å². The Labute approximate surface area is 160 Å². The lowest BCUT2D eigenvalue weighted by Crippen LogP contribution is -2.27. The predicted molar refractivity (Wildman–Crippen MR) is 106 cm³/mol. The van der Waals surface area contributed by atoms with E-state index in [2.05, 4.69) is 41.9 Å². The molecule has 0 spiro atoms. The van der Waals surface area contributed by atoms with Crippen molar-refractivity contribution in [3.63, 3.8) is 0 Å². The summed E-state index contributed by atoms with van der Waals surface area (Å²) in [6.07, 6.45) is 1.79. The van der Waals surface area contributed by atoms with E-state index >= 15 is 0 Å². The molecule has 0 aliphatic carbocycles. The largest absolute Gasteiger partial charge is 0.293 e. The molecule has 0 atom stereocenters. The Morgan fingerprint density at radius 1 is 1.08 bits per heavy atom. The van der Waals surface area contributed by atoms with Gasteiger partial charge in [0.1, 0.15) is 0 Å². The van der Waals surface area contributed by atoms with E-state index < -0.39 is 0 Å². The average Bonchev–Trinajstić information content (AvgIpc) is 2.85. The Balaban J connectivity index is 1.79. The van der Waals surface area contributed by atoms with Crippen molar-refractivity contribution in [2.75, 3.05) is 0 Å². The first-order chi connectivity index (χ1) is 12.0. The van der Waals surface area contributed by atoms with Gasteiger partial charge >= 0.3 is 0 Å². The van der Waals surface area contributed by atoms with Crippen LogP contribution in [0.5, 0.6) is 0 Å². The van der Waals surface area contributed by atoms with Crippen LogP contribution in [-0.4, -0.2) is 16.0 Å². The van der Waals surface area contributed by atoms with E-state index in [0.29, 0.717) is 10.8 Å². The molecule has 1 heterocycles. The van der Waals surface area contributed by atoms with Crippen LogP contribution in [0.25, 0.3) is 6.08 Å². The SMILES string of the molecule is CC(C)c1ccc(/C=C2\SC(=O)N(Cc3ccccc3Br)C2=O)cc1. The van der Waals surface area contributed by atoms with Crippen molar-refractivity contribution < 1.29 is 9.59 Å². The van der Waals surface area contributed by atoms with E-state index in [4.69, 9.17) is 0 Å². The van der Waals surface area contributed by atoms with Crippen LogP contribution in [0, 0.1) is 0 Å². The van der Waals surface area contributed by atoms with Crippen LogP contribution in [0.4, 0.5) is 4.79 Å². The van der Waals surface area contributed by atoms with Crippen LogP contribution in [0.1, 0.15) is 36.5 Å². The van der Waals surface area contributed by atoms with Crippen molar-refractivity contribution in [1.82, 2.24) is 4.90 Å². The van der Waals surface area contributed by atoms with E-state index in [1.54, 1.807) is 6.08 Å². The minimum absolute atomic E-state index is 0.231. The highest BCUT2D eigenvalue weighted by molar-refractivity contribution is 9.10. The summed E-state index contributed by atoms with van der Waals surface area (Å²) in [7, 11) is 0. The summed E-state index contributed by atoms with van der Waals surface area (Å²) in [5.74, 6) is 0.226. The van der Waals surface area contributed by atoms with Gasteiger partial charge in [-0.3, -0.25) is 14.5 Å². The van der Waals surface area contributed by atoms with Gasteiger partial charge in [-0.2, -0.15) is 0 Å². The van der Waals surface area contributed by atoms with Crippen molar-refractivity contribution in [3.8, 4) is 0 Å². The van der Waals surface area contributed by atoms with Gasteiger partial charge in [-0.1, -0.05) is 72.2 Å². The number of amides is 2. The van der Waals surface area contributed by atoms with Gasteiger partial charge in [-0.25, -0.2) is 0 Å². The summed E-state index contributed by atoms with van der Waals surface area (Å²) in [5.41, 5.74) is 3.09. The fourth-order valence-corrected chi connectivity index (χ4v) is 3.81. The smallest absolute Gasteiger partial charge is 0.268 e. The molecule has 0 aromatic heterocycles. The van der Waals surface area contributed by atoms with E-state index in [0.717, 1.165) is 27.4 Å². The first-order valence-electron chi connectivity index (χ1n) is 8.04. The third kappa shape index (κ3) is 4.05. The monoisotopic (exact) mass is 415 g/mol. The Hall–Kier alpha value is -1.85. The average molecular weight is 416 g/mol. The van der Waals surface area contributed by atoms with Crippen LogP contribution in [-0.2, 0) is 11.3 Å². The maximum atomic E-state index is 12.6. The topological polar surface area (TPSA) is 37.4 Å². The normalized spacial score (nSPS) is 16.3.